The first-order valence-electron chi connectivity index (χ1n) is 7.39. The first-order valence-corrected chi connectivity index (χ1v) is 7.39. The van der Waals surface area contributed by atoms with Gasteiger partial charge in [0.2, 0.25) is 5.71 Å². The van der Waals surface area contributed by atoms with Gasteiger partial charge in [0.15, 0.2) is 17.2 Å². The van der Waals surface area contributed by atoms with Crippen molar-refractivity contribution in [3.05, 3.63) is 53.4 Å². The molecule has 0 fully saturated rings. The summed E-state index contributed by atoms with van der Waals surface area (Å²) < 4.78 is 8.08. The van der Waals surface area contributed by atoms with E-state index in [4.69, 9.17) is 4.42 Å². The Morgan fingerprint density at radius 3 is 2.91 bits per heavy atom. The Labute approximate surface area is 129 Å². The van der Waals surface area contributed by atoms with Crippen molar-refractivity contribution in [2.75, 3.05) is 7.05 Å². The third-order valence-corrected chi connectivity index (χ3v) is 4.40. The van der Waals surface area contributed by atoms with Crippen molar-refractivity contribution in [3.63, 3.8) is 0 Å². The van der Waals surface area contributed by atoms with Crippen LogP contribution in [-0.2, 0) is 7.05 Å². The molecular formula is C17H17BN3O+. The lowest BCUT2D eigenvalue weighted by atomic mass is 9.50. The SMILES string of the molecule is CC1=c2c(oc3ncccc23)=CN(C)B1c1cccc[n+]1C. The summed E-state index contributed by atoms with van der Waals surface area (Å²) in [6, 6.07) is 10.3. The van der Waals surface area contributed by atoms with Gasteiger partial charge in [-0.25, -0.2) is 9.55 Å². The number of furan rings is 1. The summed E-state index contributed by atoms with van der Waals surface area (Å²) in [4.78, 5) is 6.54. The lowest BCUT2D eigenvalue weighted by Crippen LogP contribution is -2.62. The van der Waals surface area contributed by atoms with Crippen LogP contribution in [0.15, 0.2) is 47.1 Å². The lowest BCUT2D eigenvalue weighted by molar-refractivity contribution is -0.654. The van der Waals surface area contributed by atoms with Gasteiger partial charge in [0.1, 0.15) is 7.05 Å². The molecule has 4 nitrogen and oxygen atoms in total. The lowest BCUT2D eigenvalue weighted by Gasteiger charge is -2.24. The Hall–Kier alpha value is -2.56. The maximum atomic E-state index is 5.91. The molecule has 0 amide bonds. The fraction of sp³-hybridized carbons (Fsp3) is 0.176. The van der Waals surface area contributed by atoms with E-state index in [-0.39, 0.29) is 6.85 Å². The fourth-order valence-electron chi connectivity index (χ4n) is 3.40. The van der Waals surface area contributed by atoms with E-state index >= 15 is 0 Å². The van der Waals surface area contributed by atoms with Crippen LogP contribution in [-0.4, -0.2) is 23.7 Å². The first kappa shape index (κ1) is 13.1. The van der Waals surface area contributed by atoms with Gasteiger partial charge < -0.3 is 9.23 Å². The van der Waals surface area contributed by atoms with Crippen molar-refractivity contribution in [1.82, 2.24) is 9.79 Å². The van der Waals surface area contributed by atoms with Gasteiger partial charge in [0, 0.05) is 29.1 Å². The Bertz CT molecular complexity index is 993. The molecular weight excluding hydrogens is 273 g/mol. The Morgan fingerprint density at radius 2 is 2.09 bits per heavy atom. The molecule has 4 rings (SSSR count). The van der Waals surface area contributed by atoms with Crippen LogP contribution in [0.5, 0.6) is 0 Å². The van der Waals surface area contributed by atoms with Gasteiger partial charge in [-0.15, -0.1) is 0 Å². The summed E-state index contributed by atoms with van der Waals surface area (Å²) in [5, 5.41) is 2.26. The van der Waals surface area contributed by atoms with Crippen molar-refractivity contribution < 1.29 is 8.98 Å². The zero-order valence-corrected chi connectivity index (χ0v) is 12.9. The Balaban J connectivity index is 2.07. The number of nitrogens with zero attached hydrogens (tertiary/aromatic N) is 3. The number of fused-ring (bicyclic) bond motifs is 3. The molecule has 108 valence electrons. The molecule has 3 aromatic heterocycles. The van der Waals surface area contributed by atoms with Gasteiger partial charge in [-0.2, -0.15) is 0 Å². The van der Waals surface area contributed by atoms with Crippen LogP contribution in [0.1, 0.15) is 6.92 Å². The molecule has 0 aliphatic carbocycles. The van der Waals surface area contributed by atoms with Gasteiger partial charge >= 0.3 is 6.85 Å². The van der Waals surface area contributed by atoms with Crippen molar-refractivity contribution in [2.24, 2.45) is 7.05 Å². The van der Waals surface area contributed by atoms with Crippen molar-refractivity contribution in [3.8, 4) is 0 Å². The molecule has 0 atom stereocenters. The summed E-state index contributed by atoms with van der Waals surface area (Å²) in [7, 11) is 4.17. The number of hydrogen-bond acceptors (Lipinski definition) is 3. The maximum Gasteiger partial charge on any atom is 0.399 e. The molecule has 0 N–H and O–H groups in total. The van der Waals surface area contributed by atoms with Crippen LogP contribution < -0.4 is 20.8 Å². The van der Waals surface area contributed by atoms with Gasteiger partial charge in [0.25, 0.3) is 0 Å². The molecule has 4 heterocycles. The minimum Gasteiger partial charge on any atom is -0.436 e. The Kier molecular flexibility index (Phi) is 2.82. The summed E-state index contributed by atoms with van der Waals surface area (Å²) in [6.07, 6.45) is 5.92. The number of aromatic nitrogens is 2. The number of rotatable bonds is 1. The van der Waals surface area contributed by atoms with E-state index in [1.54, 1.807) is 6.20 Å². The molecule has 1 aliphatic rings. The third kappa shape index (κ3) is 1.78. The quantitative estimate of drug-likeness (QED) is 0.465. The fourth-order valence-corrected chi connectivity index (χ4v) is 3.40. The number of aryl methyl sites for hydroxylation is 1. The highest BCUT2D eigenvalue weighted by atomic mass is 16.3. The smallest absolute Gasteiger partial charge is 0.399 e. The van der Waals surface area contributed by atoms with Crippen molar-refractivity contribution >= 4 is 35.2 Å². The molecule has 0 saturated carbocycles. The molecule has 0 bridgehead atoms. The normalized spacial score (nSPS) is 14.2. The van der Waals surface area contributed by atoms with Gasteiger partial charge in [-0.05, 0) is 32.2 Å². The molecule has 0 aromatic carbocycles. The summed E-state index contributed by atoms with van der Waals surface area (Å²) in [5.41, 5.74) is 4.13. The van der Waals surface area contributed by atoms with E-state index in [0.29, 0.717) is 5.71 Å². The third-order valence-electron chi connectivity index (χ3n) is 4.40. The maximum absolute atomic E-state index is 5.91. The topological polar surface area (TPSA) is 33.2 Å². The minimum atomic E-state index is 0.194. The molecule has 1 aliphatic heterocycles. The highest BCUT2D eigenvalue weighted by Gasteiger charge is 2.34. The molecule has 22 heavy (non-hydrogen) atoms. The van der Waals surface area contributed by atoms with Crippen LogP contribution in [0.2, 0.25) is 0 Å². The zero-order chi connectivity index (χ0) is 15.3. The van der Waals surface area contributed by atoms with Crippen molar-refractivity contribution in [2.45, 2.75) is 6.92 Å². The van der Waals surface area contributed by atoms with Crippen LogP contribution in [0.3, 0.4) is 0 Å². The molecule has 3 aromatic rings. The molecule has 5 heteroatoms. The Morgan fingerprint density at radius 1 is 1.23 bits per heavy atom. The van der Waals surface area contributed by atoms with E-state index < -0.39 is 0 Å². The molecule has 0 radical (unpaired) electrons. The standard InChI is InChI=1S/C17H17BN3O/c1-12-16-13-7-6-9-19-17(13)22-14(16)11-21(3)18(12)15-8-4-5-10-20(15)2/h4-11H,1-3H3/q+1. The van der Waals surface area contributed by atoms with E-state index in [9.17, 15) is 0 Å². The summed E-state index contributed by atoms with van der Waals surface area (Å²) in [5.74, 6) is 0. The molecule has 0 saturated heterocycles. The van der Waals surface area contributed by atoms with E-state index in [1.807, 2.05) is 12.1 Å². The largest absolute Gasteiger partial charge is 0.436 e. The van der Waals surface area contributed by atoms with Crippen LogP contribution in [0.25, 0.3) is 22.8 Å². The minimum absolute atomic E-state index is 0.194. The van der Waals surface area contributed by atoms with Crippen LogP contribution in [0.4, 0.5) is 0 Å². The average Bonchev–Trinajstić information content (AvgIpc) is 2.87. The summed E-state index contributed by atoms with van der Waals surface area (Å²) >= 11 is 0. The van der Waals surface area contributed by atoms with Crippen molar-refractivity contribution in [1.29, 1.82) is 0 Å². The summed E-state index contributed by atoms with van der Waals surface area (Å²) in [6.45, 7) is 2.38. The highest BCUT2D eigenvalue weighted by Crippen LogP contribution is 2.11. The number of pyridine rings is 2. The molecule has 0 spiro atoms. The van der Waals surface area contributed by atoms with Gasteiger partial charge in [-0.3, -0.25) is 0 Å². The number of hydrogen-bond donors (Lipinski definition) is 0. The predicted molar refractivity (Wildman–Crippen MR) is 87.6 cm³/mol. The highest BCUT2D eigenvalue weighted by molar-refractivity contribution is 6.85. The zero-order valence-electron chi connectivity index (χ0n) is 12.9. The van der Waals surface area contributed by atoms with Crippen LogP contribution >= 0.6 is 0 Å². The predicted octanol–water partition coefficient (Wildman–Crippen LogP) is -0.0558. The second-order valence-corrected chi connectivity index (χ2v) is 5.81. The van der Waals surface area contributed by atoms with Crippen LogP contribution in [0, 0.1) is 0 Å². The average molecular weight is 290 g/mol. The second kappa shape index (κ2) is 4.73. The monoisotopic (exact) mass is 290 g/mol. The van der Waals surface area contributed by atoms with Gasteiger partial charge in [-0.1, -0.05) is 11.5 Å². The van der Waals surface area contributed by atoms with E-state index in [1.165, 1.54) is 16.3 Å². The van der Waals surface area contributed by atoms with E-state index in [2.05, 4.69) is 66.0 Å². The first-order chi connectivity index (χ1) is 10.7. The second-order valence-electron chi connectivity index (χ2n) is 5.81. The van der Waals surface area contributed by atoms with E-state index in [0.717, 1.165) is 10.8 Å². The van der Waals surface area contributed by atoms with Gasteiger partial charge in [0.05, 0.1) is 0 Å². The molecule has 0 unspecified atom stereocenters.